The van der Waals surface area contributed by atoms with Gasteiger partial charge in [0.25, 0.3) is 0 Å². The number of Topliss-reactive ketones (excluding diaryl/α,β-unsaturated/α-hetero) is 1. The number of alkyl halides is 3. The first kappa shape index (κ1) is 13.5. The second-order valence-electron chi connectivity index (χ2n) is 3.20. The van der Waals surface area contributed by atoms with E-state index in [1.54, 1.807) is 5.32 Å². The molecule has 0 aromatic heterocycles. The molecule has 7 heteroatoms. The van der Waals surface area contributed by atoms with Crippen LogP contribution < -0.4 is 5.32 Å². The van der Waals surface area contributed by atoms with E-state index in [4.69, 9.17) is 11.6 Å². The van der Waals surface area contributed by atoms with Crippen molar-refractivity contribution in [3.63, 3.8) is 0 Å². The van der Waals surface area contributed by atoms with Crippen molar-refractivity contribution in [2.24, 2.45) is 0 Å². The van der Waals surface area contributed by atoms with E-state index in [-0.39, 0.29) is 16.3 Å². The Bertz CT molecular complexity index is 471. The van der Waals surface area contributed by atoms with Gasteiger partial charge in [0, 0.05) is 11.3 Å². The molecular formula is C10H7ClF3NO2. The van der Waals surface area contributed by atoms with E-state index in [0.717, 1.165) is 6.07 Å². The van der Waals surface area contributed by atoms with Crippen molar-refractivity contribution in [1.29, 1.82) is 0 Å². The van der Waals surface area contributed by atoms with Gasteiger partial charge in [0.1, 0.15) is 0 Å². The lowest BCUT2D eigenvalue weighted by molar-refractivity contribution is -0.167. The van der Waals surface area contributed by atoms with Crippen molar-refractivity contribution >= 4 is 29.0 Å². The van der Waals surface area contributed by atoms with E-state index in [9.17, 15) is 22.8 Å². The topological polar surface area (TPSA) is 46.2 Å². The maximum absolute atomic E-state index is 12.0. The van der Waals surface area contributed by atoms with Gasteiger partial charge in [-0.15, -0.1) is 0 Å². The quantitative estimate of drug-likeness (QED) is 0.836. The molecule has 0 bridgehead atoms. The van der Waals surface area contributed by atoms with Crippen LogP contribution in [0.3, 0.4) is 0 Å². The number of anilines is 1. The first-order valence-electron chi connectivity index (χ1n) is 4.40. The zero-order valence-electron chi connectivity index (χ0n) is 8.56. The van der Waals surface area contributed by atoms with Crippen LogP contribution in [0.1, 0.15) is 17.3 Å². The molecule has 0 atom stereocenters. The largest absolute Gasteiger partial charge is 0.471 e. The third-order valence-corrected chi connectivity index (χ3v) is 2.19. The normalized spacial score (nSPS) is 11.1. The van der Waals surface area contributed by atoms with Crippen LogP contribution in [0.15, 0.2) is 18.2 Å². The fourth-order valence-electron chi connectivity index (χ4n) is 1.07. The van der Waals surface area contributed by atoms with Gasteiger partial charge >= 0.3 is 12.1 Å². The van der Waals surface area contributed by atoms with E-state index in [1.807, 2.05) is 0 Å². The summed E-state index contributed by atoms with van der Waals surface area (Å²) in [6, 6.07) is 3.51. The Balaban J connectivity index is 2.98. The molecule has 0 aliphatic heterocycles. The van der Waals surface area contributed by atoms with E-state index in [0.29, 0.717) is 0 Å². The number of rotatable bonds is 2. The Hall–Kier alpha value is -1.56. The first-order chi connectivity index (χ1) is 7.71. The van der Waals surface area contributed by atoms with Crippen LogP contribution in [0.5, 0.6) is 0 Å². The standard InChI is InChI=1S/C10H7ClF3NO2/c1-5(16)7-4-6(2-3-8(7)11)15-9(17)10(12,13)14/h2-4H,1H3,(H,15,17). The molecule has 1 rings (SSSR count). The molecule has 0 aliphatic carbocycles. The van der Waals surface area contributed by atoms with Gasteiger partial charge in [0.15, 0.2) is 5.78 Å². The van der Waals surface area contributed by atoms with Crippen molar-refractivity contribution in [2.75, 3.05) is 5.32 Å². The fraction of sp³-hybridized carbons (Fsp3) is 0.200. The van der Waals surface area contributed by atoms with Crippen molar-refractivity contribution in [2.45, 2.75) is 13.1 Å². The van der Waals surface area contributed by atoms with E-state index in [1.165, 1.54) is 19.1 Å². The molecule has 1 amide bonds. The average molecular weight is 266 g/mol. The summed E-state index contributed by atoms with van der Waals surface area (Å²) in [5, 5.41) is 1.74. The van der Waals surface area contributed by atoms with Crippen molar-refractivity contribution in [3.8, 4) is 0 Å². The molecule has 92 valence electrons. The van der Waals surface area contributed by atoms with Crippen molar-refractivity contribution in [3.05, 3.63) is 28.8 Å². The molecule has 0 heterocycles. The summed E-state index contributed by atoms with van der Waals surface area (Å²) in [5.41, 5.74) is -0.0893. The molecule has 0 saturated carbocycles. The molecule has 0 spiro atoms. The number of carbonyl (C=O) groups excluding carboxylic acids is 2. The van der Waals surface area contributed by atoms with E-state index < -0.39 is 17.9 Å². The highest BCUT2D eigenvalue weighted by Crippen LogP contribution is 2.23. The number of benzene rings is 1. The number of hydrogen-bond acceptors (Lipinski definition) is 2. The Morgan fingerprint density at radius 3 is 2.35 bits per heavy atom. The van der Waals surface area contributed by atoms with Crippen LogP contribution in [-0.4, -0.2) is 17.9 Å². The molecule has 17 heavy (non-hydrogen) atoms. The number of carbonyl (C=O) groups is 2. The minimum absolute atomic E-state index is 0.0478. The van der Waals surface area contributed by atoms with Gasteiger partial charge < -0.3 is 5.32 Å². The lowest BCUT2D eigenvalue weighted by Gasteiger charge is -2.09. The highest BCUT2D eigenvalue weighted by molar-refractivity contribution is 6.34. The molecule has 3 nitrogen and oxygen atoms in total. The Kier molecular flexibility index (Phi) is 3.77. The number of hydrogen-bond donors (Lipinski definition) is 1. The molecule has 1 N–H and O–H groups in total. The van der Waals surface area contributed by atoms with Gasteiger partial charge in [0.2, 0.25) is 0 Å². The molecule has 0 fully saturated rings. The predicted octanol–water partition coefficient (Wildman–Crippen LogP) is 3.04. The van der Waals surface area contributed by atoms with Gasteiger partial charge in [-0.05, 0) is 25.1 Å². The Morgan fingerprint density at radius 1 is 1.29 bits per heavy atom. The molecular weight excluding hydrogens is 259 g/mol. The number of nitrogens with one attached hydrogen (secondary N) is 1. The zero-order valence-corrected chi connectivity index (χ0v) is 9.32. The van der Waals surface area contributed by atoms with Crippen LogP contribution in [0.25, 0.3) is 0 Å². The summed E-state index contributed by atoms with van der Waals surface area (Å²) in [4.78, 5) is 21.7. The monoisotopic (exact) mass is 265 g/mol. The van der Waals surface area contributed by atoms with Crippen LogP contribution in [0, 0.1) is 0 Å². The van der Waals surface area contributed by atoms with Gasteiger partial charge in [-0.1, -0.05) is 11.6 Å². The molecule has 0 radical (unpaired) electrons. The SMILES string of the molecule is CC(=O)c1cc(NC(=O)C(F)(F)F)ccc1Cl. The number of amides is 1. The molecule has 0 unspecified atom stereocenters. The maximum atomic E-state index is 12.0. The Morgan fingerprint density at radius 2 is 1.88 bits per heavy atom. The van der Waals surface area contributed by atoms with Gasteiger partial charge in [-0.3, -0.25) is 9.59 Å². The number of halogens is 4. The second kappa shape index (κ2) is 4.75. The van der Waals surface area contributed by atoms with Crippen LogP contribution in [0.2, 0.25) is 5.02 Å². The van der Waals surface area contributed by atoms with Gasteiger partial charge in [-0.25, -0.2) is 0 Å². The third-order valence-electron chi connectivity index (χ3n) is 1.86. The molecule has 0 aliphatic rings. The summed E-state index contributed by atoms with van der Waals surface area (Å²) in [7, 11) is 0. The fourth-order valence-corrected chi connectivity index (χ4v) is 1.33. The third kappa shape index (κ3) is 3.45. The van der Waals surface area contributed by atoms with Gasteiger partial charge in [0.05, 0.1) is 5.02 Å². The second-order valence-corrected chi connectivity index (χ2v) is 3.61. The summed E-state index contributed by atoms with van der Waals surface area (Å²) in [6.07, 6.45) is -4.98. The summed E-state index contributed by atoms with van der Waals surface area (Å²) < 4.78 is 35.9. The summed E-state index contributed by atoms with van der Waals surface area (Å²) in [6.45, 7) is 1.22. The minimum Gasteiger partial charge on any atom is -0.318 e. The zero-order chi connectivity index (χ0) is 13.2. The lowest BCUT2D eigenvalue weighted by atomic mass is 10.1. The van der Waals surface area contributed by atoms with Crippen molar-refractivity contribution < 1.29 is 22.8 Å². The molecule has 1 aromatic rings. The highest BCUT2D eigenvalue weighted by atomic mass is 35.5. The smallest absolute Gasteiger partial charge is 0.318 e. The summed E-state index contributed by atoms with van der Waals surface area (Å²) >= 11 is 5.66. The lowest BCUT2D eigenvalue weighted by Crippen LogP contribution is -2.29. The van der Waals surface area contributed by atoms with Crippen LogP contribution in [-0.2, 0) is 4.79 Å². The summed E-state index contributed by atoms with van der Waals surface area (Å²) in [5.74, 6) is -2.51. The highest BCUT2D eigenvalue weighted by Gasteiger charge is 2.38. The van der Waals surface area contributed by atoms with Crippen molar-refractivity contribution in [1.82, 2.24) is 0 Å². The first-order valence-corrected chi connectivity index (χ1v) is 4.78. The minimum atomic E-state index is -4.98. The Labute approximate surface area is 99.6 Å². The van der Waals surface area contributed by atoms with Crippen LogP contribution >= 0.6 is 11.6 Å². The van der Waals surface area contributed by atoms with E-state index >= 15 is 0 Å². The molecule has 0 saturated heterocycles. The van der Waals surface area contributed by atoms with E-state index in [2.05, 4.69) is 0 Å². The van der Waals surface area contributed by atoms with Gasteiger partial charge in [-0.2, -0.15) is 13.2 Å². The molecule has 1 aromatic carbocycles. The predicted molar refractivity (Wildman–Crippen MR) is 56.1 cm³/mol. The number of ketones is 1. The van der Waals surface area contributed by atoms with Crippen LogP contribution in [0.4, 0.5) is 18.9 Å². The maximum Gasteiger partial charge on any atom is 0.471 e. The average Bonchev–Trinajstić information content (AvgIpc) is 2.19.